The monoisotopic (exact) mass is 699 g/mol. The van der Waals surface area contributed by atoms with Crippen molar-refractivity contribution in [2.75, 3.05) is 4.90 Å². The first kappa shape index (κ1) is 29.5. The second-order valence-electron chi connectivity index (χ2n) is 13.3. The molecular weight excluding hydrogens is 671 g/mol. The number of hydrogen-bond donors (Lipinski definition) is 0. The molecule has 0 saturated heterocycles. The number of fused-ring (bicyclic) bond motifs is 10. The molecule has 0 aliphatic rings. The van der Waals surface area contributed by atoms with Crippen molar-refractivity contribution in [2.45, 2.75) is 0 Å². The van der Waals surface area contributed by atoms with E-state index in [0.29, 0.717) is 0 Å². The maximum atomic E-state index is 6.34. The van der Waals surface area contributed by atoms with Gasteiger partial charge in [-0.1, -0.05) is 103 Å². The molecule has 4 heteroatoms. The van der Waals surface area contributed by atoms with E-state index < -0.39 is 0 Å². The van der Waals surface area contributed by atoms with Gasteiger partial charge in [0.25, 0.3) is 0 Å². The molecule has 0 bridgehead atoms. The van der Waals surface area contributed by atoms with Gasteiger partial charge in [0, 0.05) is 79.3 Å². The zero-order valence-electron chi connectivity index (χ0n) is 27.9. The fourth-order valence-electron chi connectivity index (χ4n) is 7.73. The Morgan fingerprint density at radius 3 is 1.37 bits per heavy atom. The van der Waals surface area contributed by atoms with E-state index >= 15 is 0 Å². The highest BCUT2D eigenvalue weighted by Crippen LogP contribution is 2.45. The average molecular weight is 700 g/mol. The van der Waals surface area contributed by atoms with Crippen molar-refractivity contribution < 1.29 is 4.42 Å². The Bertz CT molecular complexity index is 2980. The van der Waals surface area contributed by atoms with Gasteiger partial charge in [-0.05, 0) is 83.6 Å². The molecule has 0 spiro atoms. The lowest BCUT2D eigenvalue weighted by atomic mass is 10.0. The van der Waals surface area contributed by atoms with Crippen LogP contribution in [0.1, 0.15) is 0 Å². The van der Waals surface area contributed by atoms with Crippen LogP contribution >= 0.6 is 22.7 Å². The van der Waals surface area contributed by atoms with Crippen molar-refractivity contribution in [1.29, 1.82) is 0 Å². The van der Waals surface area contributed by atoms with Crippen LogP contribution < -0.4 is 4.90 Å². The Kier molecular flexibility index (Phi) is 6.63. The van der Waals surface area contributed by atoms with Crippen molar-refractivity contribution in [3.05, 3.63) is 176 Å². The van der Waals surface area contributed by atoms with Gasteiger partial charge in [0.1, 0.15) is 11.5 Å². The molecule has 0 radical (unpaired) electrons. The molecule has 11 rings (SSSR count). The van der Waals surface area contributed by atoms with Gasteiger partial charge in [-0.15, -0.1) is 22.7 Å². The third-order valence-corrected chi connectivity index (χ3v) is 12.7. The summed E-state index contributed by atoms with van der Waals surface area (Å²) in [4.78, 5) is 2.40. The van der Waals surface area contributed by atoms with E-state index in [9.17, 15) is 0 Å². The van der Waals surface area contributed by atoms with E-state index in [1.54, 1.807) is 0 Å². The van der Waals surface area contributed by atoms with E-state index in [0.717, 1.165) is 39.7 Å². The summed E-state index contributed by atoms with van der Waals surface area (Å²) in [5.41, 5.74) is 5.45. The van der Waals surface area contributed by atoms with Gasteiger partial charge in [0.2, 0.25) is 0 Å². The summed E-state index contributed by atoms with van der Waals surface area (Å²) >= 11 is 3.76. The van der Waals surface area contributed by atoms with Crippen LogP contribution in [-0.2, 0) is 0 Å². The van der Waals surface area contributed by atoms with Crippen molar-refractivity contribution in [2.24, 2.45) is 0 Å². The van der Waals surface area contributed by atoms with Gasteiger partial charge in [0.05, 0.1) is 0 Å². The first-order valence-corrected chi connectivity index (χ1v) is 19.1. The lowest BCUT2D eigenvalue weighted by molar-refractivity contribution is 0.597. The molecule has 0 aliphatic carbocycles. The standard InChI is InChI=1S/C48H29NOS2/c1-2-8-32(9-3-1)43-26-27-44(50-43)33-16-20-34(21-17-33)49(35-22-14-30-18-24-39-37-10-4-6-12-45(37)51-47(39)41(30)28-35)36-23-15-31-19-25-40-38-11-5-7-13-46(38)52-48(40)42(31)29-36/h1-29H. The summed E-state index contributed by atoms with van der Waals surface area (Å²) in [6, 6.07) is 63.6. The smallest absolute Gasteiger partial charge is 0.134 e. The molecule has 8 aromatic carbocycles. The van der Waals surface area contributed by atoms with Crippen LogP contribution in [0.15, 0.2) is 180 Å². The number of nitrogens with zero attached hydrogens (tertiary/aromatic N) is 1. The summed E-state index contributed by atoms with van der Waals surface area (Å²) in [6.07, 6.45) is 0. The molecule has 52 heavy (non-hydrogen) atoms. The third kappa shape index (κ3) is 4.69. The summed E-state index contributed by atoms with van der Waals surface area (Å²) in [7, 11) is 0. The van der Waals surface area contributed by atoms with Crippen molar-refractivity contribution in [1.82, 2.24) is 0 Å². The zero-order chi connectivity index (χ0) is 34.2. The SMILES string of the molecule is c1ccc(-c2ccc(-c3ccc(N(c4ccc5ccc6c7ccccc7sc6c5c4)c4ccc5ccc6c7ccccc7sc6c5c4)cc3)o2)cc1. The maximum Gasteiger partial charge on any atom is 0.134 e. The predicted molar refractivity (Wildman–Crippen MR) is 225 cm³/mol. The highest BCUT2D eigenvalue weighted by Gasteiger charge is 2.18. The molecule has 0 unspecified atom stereocenters. The van der Waals surface area contributed by atoms with Crippen molar-refractivity contribution >= 4 is 102 Å². The van der Waals surface area contributed by atoms with E-state index in [4.69, 9.17) is 4.42 Å². The normalized spacial score (nSPS) is 11.8. The Hall–Kier alpha value is -6.20. The number of rotatable bonds is 5. The lowest BCUT2D eigenvalue weighted by Gasteiger charge is -2.26. The minimum atomic E-state index is 0.854. The molecule has 3 aromatic heterocycles. The summed E-state index contributed by atoms with van der Waals surface area (Å²) in [6.45, 7) is 0. The van der Waals surface area contributed by atoms with E-state index in [2.05, 4.69) is 163 Å². The average Bonchev–Trinajstić information content (AvgIpc) is 3.95. The number of anilines is 3. The zero-order valence-corrected chi connectivity index (χ0v) is 29.5. The second kappa shape index (κ2) is 11.7. The maximum absolute atomic E-state index is 6.34. The van der Waals surface area contributed by atoms with Gasteiger partial charge in [-0.2, -0.15) is 0 Å². The number of benzene rings is 8. The molecule has 2 nitrogen and oxygen atoms in total. The van der Waals surface area contributed by atoms with E-state index in [-0.39, 0.29) is 0 Å². The number of furan rings is 1. The van der Waals surface area contributed by atoms with Gasteiger partial charge in [-0.3, -0.25) is 0 Å². The molecular formula is C48H29NOS2. The molecule has 0 fully saturated rings. The molecule has 0 saturated carbocycles. The molecule has 0 amide bonds. The van der Waals surface area contributed by atoms with Crippen molar-refractivity contribution in [3.63, 3.8) is 0 Å². The van der Waals surface area contributed by atoms with Crippen LogP contribution in [0, 0.1) is 0 Å². The van der Waals surface area contributed by atoms with Gasteiger partial charge in [-0.25, -0.2) is 0 Å². The Morgan fingerprint density at radius 1 is 0.346 bits per heavy atom. The Labute approximate surface area is 308 Å². The molecule has 11 aromatic rings. The molecule has 0 aliphatic heterocycles. The van der Waals surface area contributed by atoms with Gasteiger partial charge >= 0.3 is 0 Å². The first-order valence-electron chi connectivity index (χ1n) is 17.5. The Morgan fingerprint density at radius 2 is 0.808 bits per heavy atom. The molecule has 0 atom stereocenters. The van der Waals surface area contributed by atoms with Gasteiger partial charge < -0.3 is 9.32 Å². The van der Waals surface area contributed by atoms with E-state index in [1.165, 1.54) is 61.9 Å². The highest BCUT2D eigenvalue weighted by molar-refractivity contribution is 7.27. The van der Waals surface area contributed by atoms with E-state index in [1.807, 2.05) is 40.9 Å². The van der Waals surface area contributed by atoms with Crippen LogP contribution in [0.5, 0.6) is 0 Å². The fourth-order valence-corrected chi connectivity index (χ4v) is 10.2. The largest absolute Gasteiger partial charge is 0.456 e. The van der Waals surface area contributed by atoms with Crippen molar-refractivity contribution in [3.8, 4) is 22.6 Å². The van der Waals surface area contributed by atoms with Gasteiger partial charge in [0.15, 0.2) is 0 Å². The van der Waals surface area contributed by atoms with Crippen LogP contribution in [0.3, 0.4) is 0 Å². The number of hydrogen-bond acceptors (Lipinski definition) is 4. The molecule has 244 valence electrons. The lowest BCUT2D eigenvalue weighted by Crippen LogP contribution is -2.10. The predicted octanol–water partition coefficient (Wildman–Crippen LogP) is 15.1. The highest BCUT2D eigenvalue weighted by atomic mass is 32.1. The summed E-state index contributed by atoms with van der Waals surface area (Å²) in [5.74, 6) is 1.72. The topological polar surface area (TPSA) is 16.4 Å². The van der Waals surface area contributed by atoms with Crippen LogP contribution in [0.25, 0.3) is 84.5 Å². The van der Waals surface area contributed by atoms with Crippen LogP contribution in [-0.4, -0.2) is 0 Å². The molecule has 0 N–H and O–H groups in total. The van der Waals surface area contributed by atoms with Crippen LogP contribution in [0.2, 0.25) is 0 Å². The first-order chi connectivity index (χ1) is 25.7. The minimum absolute atomic E-state index is 0.854. The quantitative estimate of drug-likeness (QED) is 0.178. The summed E-state index contributed by atoms with van der Waals surface area (Å²) in [5, 5.41) is 10.3. The Balaban J connectivity index is 1.09. The fraction of sp³-hybridized carbons (Fsp3) is 0. The molecule has 3 heterocycles. The van der Waals surface area contributed by atoms with Crippen LogP contribution in [0.4, 0.5) is 17.1 Å². The third-order valence-electron chi connectivity index (χ3n) is 10.3. The summed E-state index contributed by atoms with van der Waals surface area (Å²) < 4.78 is 11.6. The minimum Gasteiger partial charge on any atom is -0.456 e. The number of thiophene rings is 2. The second-order valence-corrected chi connectivity index (χ2v) is 15.4.